The molecule has 5 rings (SSSR count). The predicted molar refractivity (Wildman–Crippen MR) is 100 cm³/mol. The molecule has 0 amide bonds. The lowest BCUT2D eigenvalue weighted by Gasteiger charge is -2.11. The summed E-state index contributed by atoms with van der Waals surface area (Å²) in [6.07, 6.45) is 1.65. The highest BCUT2D eigenvalue weighted by Crippen LogP contribution is 2.58. The zero-order valence-electron chi connectivity index (χ0n) is 15.0. The van der Waals surface area contributed by atoms with E-state index in [1.165, 1.54) is 0 Å². The number of cyclic esters (lactones) is 1. The molecule has 4 unspecified atom stereocenters. The Morgan fingerprint density at radius 2 is 1.63 bits per heavy atom. The van der Waals surface area contributed by atoms with E-state index in [2.05, 4.69) is 0 Å². The standard InChI is InChI=1S/C11H13NO2.C11H10O2/c12-7-9-6-11(9,10(13)14)8-4-2-1-3-5-8;12-10-11(6-9(11)7-13-10)8-4-2-1-3-5-8/h1-5,9H,6-7,12H2,(H,13,14);1-5,9H,6-7H2. The Kier molecular flexibility index (Phi) is 4.27. The molecule has 0 bridgehead atoms. The third-order valence-corrected chi connectivity index (χ3v) is 6.23. The maximum Gasteiger partial charge on any atom is 0.317 e. The molecule has 27 heavy (non-hydrogen) atoms. The van der Waals surface area contributed by atoms with E-state index in [1.807, 2.05) is 60.7 Å². The van der Waals surface area contributed by atoms with Crippen LogP contribution in [0.5, 0.6) is 0 Å². The second kappa shape index (κ2) is 6.50. The van der Waals surface area contributed by atoms with Gasteiger partial charge in [-0.05, 0) is 36.4 Å². The number of carboxylic acids is 1. The summed E-state index contributed by atoms with van der Waals surface area (Å²) in [6, 6.07) is 19.3. The van der Waals surface area contributed by atoms with Gasteiger partial charge in [-0.2, -0.15) is 0 Å². The van der Waals surface area contributed by atoms with Crippen molar-refractivity contribution < 1.29 is 19.4 Å². The van der Waals surface area contributed by atoms with Crippen LogP contribution in [0.3, 0.4) is 0 Å². The molecule has 2 aliphatic carbocycles. The van der Waals surface area contributed by atoms with Gasteiger partial charge in [0.05, 0.1) is 17.4 Å². The monoisotopic (exact) mass is 365 g/mol. The molecule has 0 aromatic heterocycles. The molecule has 5 nitrogen and oxygen atoms in total. The van der Waals surface area contributed by atoms with Crippen molar-refractivity contribution in [1.29, 1.82) is 0 Å². The fraction of sp³-hybridized carbons (Fsp3) is 0.364. The van der Waals surface area contributed by atoms with Crippen LogP contribution in [0.4, 0.5) is 0 Å². The zero-order chi connectivity index (χ0) is 19.1. The summed E-state index contributed by atoms with van der Waals surface area (Å²) in [6.45, 7) is 1.06. The number of carbonyl (C=O) groups is 2. The van der Waals surface area contributed by atoms with Gasteiger partial charge in [0.1, 0.15) is 0 Å². The van der Waals surface area contributed by atoms with Crippen molar-refractivity contribution >= 4 is 11.9 Å². The number of nitrogens with two attached hydrogens (primary N) is 1. The normalized spacial score (nSPS) is 32.6. The molecule has 3 N–H and O–H groups in total. The first-order valence-electron chi connectivity index (χ1n) is 9.27. The van der Waals surface area contributed by atoms with Gasteiger partial charge in [0.15, 0.2) is 0 Å². The van der Waals surface area contributed by atoms with Crippen LogP contribution in [0, 0.1) is 11.8 Å². The first kappa shape index (κ1) is 17.7. The molecule has 5 heteroatoms. The number of esters is 1. The van der Waals surface area contributed by atoms with Crippen molar-refractivity contribution in [2.45, 2.75) is 23.7 Å². The van der Waals surface area contributed by atoms with Crippen LogP contribution in [0.2, 0.25) is 0 Å². The minimum Gasteiger partial charge on any atom is -0.481 e. The lowest BCUT2D eigenvalue weighted by atomic mass is 9.93. The number of carboxylic acid groups (broad SMARTS) is 1. The van der Waals surface area contributed by atoms with Crippen LogP contribution in [0.1, 0.15) is 24.0 Å². The summed E-state index contributed by atoms with van der Waals surface area (Å²) in [7, 11) is 0. The Labute approximate surface area is 158 Å². The van der Waals surface area contributed by atoms with Crippen LogP contribution >= 0.6 is 0 Å². The Hall–Kier alpha value is -2.66. The van der Waals surface area contributed by atoms with Crippen LogP contribution in [0.25, 0.3) is 0 Å². The highest BCUT2D eigenvalue weighted by molar-refractivity contribution is 5.89. The number of benzene rings is 2. The molecule has 140 valence electrons. The molecule has 2 saturated carbocycles. The van der Waals surface area contributed by atoms with E-state index in [-0.39, 0.29) is 17.3 Å². The number of rotatable bonds is 4. The van der Waals surface area contributed by atoms with Crippen LogP contribution in [-0.4, -0.2) is 30.2 Å². The van der Waals surface area contributed by atoms with Gasteiger partial charge in [-0.3, -0.25) is 9.59 Å². The second-order valence-electron chi connectivity index (χ2n) is 7.62. The molecule has 1 saturated heterocycles. The smallest absolute Gasteiger partial charge is 0.317 e. The molecular weight excluding hydrogens is 342 g/mol. The van der Waals surface area contributed by atoms with E-state index >= 15 is 0 Å². The Morgan fingerprint density at radius 3 is 2.04 bits per heavy atom. The fourth-order valence-electron chi connectivity index (χ4n) is 4.38. The molecule has 3 aliphatic rings. The van der Waals surface area contributed by atoms with Gasteiger partial charge in [0.2, 0.25) is 0 Å². The minimum absolute atomic E-state index is 0.0244. The van der Waals surface area contributed by atoms with Crippen molar-refractivity contribution in [1.82, 2.24) is 0 Å². The van der Waals surface area contributed by atoms with Gasteiger partial charge in [-0.25, -0.2) is 0 Å². The van der Waals surface area contributed by atoms with Crippen LogP contribution < -0.4 is 5.73 Å². The van der Waals surface area contributed by atoms with Crippen molar-refractivity contribution in [2.75, 3.05) is 13.2 Å². The Balaban J connectivity index is 0.000000134. The van der Waals surface area contributed by atoms with Gasteiger partial charge >= 0.3 is 11.9 Å². The number of aliphatic carboxylic acids is 1. The number of hydrogen-bond acceptors (Lipinski definition) is 4. The molecule has 2 aromatic rings. The summed E-state index contributed by atoms with van der Waals surface area (Å²) in [5, 5.41) is 9.20. The third-order valence-electron chi connectivity index (χ3n) is 6.23. The lowest BCUT2D eigenvalue weighted by molar-refractivity contribution is -0.142. The highest BCUT2D eigenvalue weighted by atomic mass is 16.5. The van der Waals surface area contributed by atoms with Gasteiger partial charge in [0, 0.05) is 5.92 Å². The van der Waals surface area contributed by atoms with Crippen molar-refractivity contribution in [3.05, 3.63) is 71.8 Å². The predicted octanol–water partition coefficient (Wildman–Crippen LogP) is 2.49. The largest absolute Gasteiger partial charge is 0.481 e. The SMILES string of the molecule is NCC1CC1(C(=O)O)c1ccccc1.O=C1OCC2CC12c1ccccc1. The lowest BCUT2D eigenvalue weighted by Crippen LogP contribution is -2.25. The quantitative estimate of drug-likeness (QED) is 0.813. The maximum absolute atomic E-state index is 11.5. The van der Waals surface area contributed by atoms with Gasteiger partial charge in [0.25, 0.3) is 0 Å². The average Bonchev–Trinajstić information content (AvgIpc) is 3.60. The number of ether oxygens (including phenoxy) is 1. The van der Waals surface area contributed by atoms with Gasteiger partial charge in [-0.15, -0.1) is 0 Å². The van der Waals surface area contributed by atoms with E-state index in [0.29, 0.717) is 25.5 Å². The van der Waals surface area contributed by atoms with E-state index in [9.17, 15) is 14.7 Å². The molecule has 4 atom stereocenters. The van der Waals surface area contributed by atoms with E-state index in [1.54, 1.807) is 0 Å². The molecule has 0 radical (unpaired) electrons. The third kappa shape index (κ3) is 2.73. The average molecular weight is 365 g/mol. The first-order chi connectivity index (χ1) is 13.1. The molecule has 2 aromatic carbocycles. The Bertz CT molecular complexity index is 853. The zero-order valence-corrected chi connectivity index (χ0v) is 15.0. The second-order valence-corrected chi connectivity index (χ2v) is 7.62. The van der Waals surface area contributed by atoms with E-state index in [4.69, 9.17) is 10.5 Å². The summed E-state index contributed by atoms with van der Waals surface area (Å²) in [5.74, 6) is -0.229. The Morgan fingerprint density at radius 1 is 1.04 bits per heavy atom. The van der Waals surface area contributed by atoms with Gasteiger partial charge in [-0.1, -0.05) is 60.7 Å². The number of hydrogen-bond donors (Lipinski definition) is 2. The van der Waals surface area contributed by atoms with Gasteiger partial charge < -0.3 is 15.6 Å². The molecule has 1 heterocycles. The maximum atomic E-state index is 11.5. The molecule has 3 fully saturated rings. The summed E-state index contributed by atoms with van der Waals surface area (Å²) < 4.78 is 5.03. The summed E-state index contributed by atoms with van der Waals surface area (Å²) >= 11 is 0. The van der Waals surface area contributed by atoms with E-state index < -0.39 is 11.4 Å². The highest BCUT2D eigenvalue weighted by Gasteiger charge is 2.66. The molecule has 0 spiro atoms. The molecule has 1 aliphatic heterocycles. The summed E-state index contributed by atoms with van der Waals surface area (Å²) in [4.78, 5) is 22.7. The van der Waals surface area contributed by atoms with Crippen LogP contribution in [0.15, 0.2) is 60.7 Å². The van der Waals surface area contributed by atoms with Crippen molar-refractivity contribution in [3.63, 3.8) is 0 Å². The van der Waals surface area contributed by atoms with Crippen LogP contribution in [-0.2, 0) is 25.2 Å². The topological polar surface area (TPSA) is 89.6 Å². The number of carbonyl (C=O) groups excluding carboxylic acids is 1. The van der Waals surface area contributed by atoms with Crippen molar-refractivity contribution in [3.8, 4) is 0 Å². The number of fused-ring (bicyclic) bond motifs is 1. The molecular formula is C22H23NO4. The van der Waals surface area contributed by atoms with Crippen molar-refractivity contribution in [2.24, 2.45) is 17.6 Å². The minimum atomic E-state index is -0.751. The fourth-order valence-corrected chi connectivity index (χ4v) is 4.38. The first-order valence-corrected chi connectivity index (χ1v) is 9.27. The summed E-state index contributed by atoms with van der Waals surface area (Å²) in [5.41, 5.74) is 6.58. The van der Waals surface area contributed by atoms with E-state index in [0.717, 1.165) is 17.5 Å².